The molecule has 0 saturated heterocycles. The number of amides is 1. The van der Waals surface area contributed by atoms with Gasteiger partial charge in [0.2, 0.25) is 0 Å². The Bertz CT molecular complexity index is 399. The van der Waals surface area contributed by atoms with E-state index in [-0.39, 0.29) is 18.4 Å². The Morgan fingerprint density at radius 3 is 2.87 bits per heavy atom. The summed E-state index contributed by atoms with van der Waals surface area (Å²) in [4.78, 5) is 11.7. The largest absolute Gasteiger partial charge is 0.360 e. The van der Waals surface area contributed by atoms with E-state index >= 15 is 0 Å². The van der Waals surface area contributed by atoms with Gasteiger partial charge in [-0.05, 0) is 6.92 Å². The third-order valence-electron chi connectivity index (χ3n) is 1.99. The van der Waals surface area contributed by atoms with Crippen molar-refractivity contribution in [2.45, 2.75) is 26.7 Å². The van der Waals surface area contributed by atoms with Crippen LogP contribution in [0.4, 0.5) is 0 Å². The van der Waals surface area contributed by atoms with Crippen LogP contribution in [0.1, 0.15) is 41.6 Å². The first kappa shape index (κ1) is 11.3. The highest BCUT2D eigenvalue weighted by molar-refractivity contribution is 5.96. The predicted molar refractivity (Wildman–Crippen MR) is 56.5 cm³/mol. The summed E-state index contributed by atoms with van der Waals surface area (Å²) in [6.45, 7) is 5.83. The molecule has 0 aliphatic rings. The van der Waals surface area contributed by atoms with Crippen molar-refractivity contribution in [2.24, 2.45) is 0 Å². The predicted octanol–water partition coefficient (Wildman–Crippen LogP) is 1.47. The standard InChI is InChI=1S/C11H14N2O2/c1-5-6-12-11(14)9-8(4)13-15-10(9)7(2)3/h1,7H,6H2,2-4H3,(H,12,14). The van der Waals surface area contributed by atoms with Crippen LogP contribution in [0.5, 0.6) is 0 Å². The molecule has 0 radical (unpaired) electrons. The van der Waals surface area contributed by atoms with E-state index in [1.54, 1.807) is 6.92 Å². The van der Waals surface area contributed by atoms with E-state index in [1.165, 1.54) is 0 Å². The first-order chi connectivity index (χ1) is 7.07. The molecule has 0 aliphatic carbocycles. The molecule has 0 bridgehead atoms. The lowest BCUT2D eigenvalue weighted by molar-refractivity contribution is 0.0955. The number of carbonyl (C=O) groups excluding carboxylic acids is 1. The van der Waals surface area contributed by atoms with Gasteiger partial charge in [0.05, 0.1) is 12.2 Å². The number of carbonyl (C=O) groups is 1. The quantitative estimate of drug-likeness (QED) is 0.762. The highest BCUT2D eigenvalue weighted by Gasteiger charge is 2.21. The van der Waals surface area contributed by atoms with Gasteiger partial charge in [0.25, 0.3) is 5.91 Å². The van der Waals surface area contributed by atoms with Gasteiger partial charge in [-0.25, -0.2) is 0 Å². The molecule has 80 valence electrons. The van der Waals surface area contributed by atoms with E-state index in [4.69, 9.17) is 10.9 Å². The summed E-state index contributed by atoms with van der Waals surface area (Å²) >= 11 is 0. The molecule has 1 aromatic rings. The van der Waals surface area contributed by atoms with E-state index in [1.807, 2.05) is 13.8 Å². The summed E-state index contributed by atoms with van der Waals surface area (Å²) in [6, 6.07) is 0. The number of hydrogen-bond donors (Lipinski definition) is 1. The van der Waals surface area contributed by atoms with Crippen molar-refractivity contribution in [3.05, 3.63) is 17.0 Å². The first-order valence-corrected chi connectivity index (χ1v) is 4.75. The van der Waals surface area contributed by atoms with Gasteiger partial charge in [-0.3, -0.25) is 4.79 Å². The van der Waals surface area contributed by atoms with Crippen LogP contribution in [0.2, 0.25) is 0 Å². The Hall–Kier alpha value is -1.76. The molecule has 15 heavy (non-hydrogen) atoms. The van der Waals surface area contributed by atoms with Crippen molar-refractivity contribution in [3.63, 3.8) is 0 Å². The second-order valence-electron chi connectivity index (χ2n) is 3.55. The third kappa shape index (κ3) is 2.38. The van der Waals surface area contributed by atoms with Crippen LogP contribution in [0.3, 0.4) is 0 Å². The molecule has 0 fully saturated rings. The molecular weight excluding hydrogens is 192 g/mol. The van der Waals surface area contributed by atoms with Gasteiger partial charge in [0.1, 0.15) is 5.56 Å². The first-order valence-electron chi connectivity index (χ1n) is 4.75. The molecule has 4 nitrogen and oxygen atoms in total. The maximum absolute atomic E-state index is 11.7. The van der Waals surface area contributed by atoms with Crippen molar-refractivity contribution in [2.75, 3.05) is 6.54 Å². The molecule has 0 aromatic carbocycles. The zero-order valence-electron chi connectivity index (χ0n) is 9.13. The van der Waals surface area contributed by atoms with Gasteiger partial charge in [0.15, 0.2) is 5.76 Å². The fourth-order valence-electron chi connectivity index (χ4n) is 1.28. The summed E-state index contributed by atoms with van der Waals surface area (Å²) < 4.78 is 5.10. The summed E-state index contributed by atoms with van der Waals surface area (Å²) in [7, 11) is 0. The van der Waals surface area contributed by atoms with E-state index in [0.717, 1.165) is 0 Å². The van der Waals surface area contributed by atoms with E-state index in [9.17, 15) is 4.79 Å². The van der Waals surface area contributed by atoms with Crippen molar-refractivity contribution in [1.82, 2.24) is 10.5 Å². The van der Waals surface area contributed by atoms with Crippen molar-refractivity contribution in [1.29, 1.82) is 0 Å². The Labute approximate surface area is 89.0 Å². The maximum atomic E-state index is 11.7. The highest BCUT2D eigenvalue weighted by atomic mass is 16.5. The normalized spacial score (nSPS) is 10.1. The van der Waals surface area contributed by atoms with Gasteiger partial charge in [-0.2, -0.15) is 0 Å². The molecule has 1 rings (SSSR count). The number of rotatable bonds is 3. The smallest absolute Gasteiger partial charge is 0.257 e. The van der Waals surface area contributed by atoms with Crippen LogP contribution in [-0.2, 0) is 0 Å². The minimum absolute atomic E-state index is 0.123. The minimum Gasteiger partial charge on any atom is -0.360 e. The zero-order chi connectivity index (χ0) is 11.4. The molecule has 0 saturated carbocycles. The summed E-state index contributed by atoms with van der Waals surface area (Å²) in [5.74, 6) is 2.84. The lowest BCUT2D eigenvalue weighted by atomic mass is 10.0. The van der Waals surface area contributed by atoms with Gasteiger partial charge < -0.3 is 9.84 Å². The molecule has 0 aliphatic heterocycles. The molecule has 0 unspecified atom stereocenters. The van der Waals surface area contributed by atoms with E-state index in [0.29, 0.717) is 17.0 Å². The van der Waals surface area contributed by atoms with Crippen LogP contribution in [0.15, 0.2) is 4.52 Å². The molecule has 1 heterocycles. The summed E-state index contributed by atoms with van der Waals surface area (Å²) in [6.07, 6.45) is 5.06. The molecule has 0 atom stereocenters. The fourth-order valence-corrected chi connectivity index (χ4v) is 1.28. The number of aromatic nitrogens is 1. The number of nitrogens with one attached hydrogen (secondary N) is 1. The topological polar surface area (TPSA) is 55.1 Å². The second kappa shape index (κ2) is 4.65. The monoisotopic (exact) mass is 206 g/mol. The average Bonchev–Trinajstić information content (AvgIpc) is 2.56. The maximum Gasteiger partial charge on any atom is 0.257 e. The molecule has 0 spiro atoms. The van der Waals surface area contributed by atoms with Crippen LogP contribution in [0.25, 0.3) is 0 Å². The Morgan fingerprint density at radius 2 is 2.33 bits per heavy atom. The molecule has 4 heteroatoms. The number of nitrogens with zero attached hydrogens (tertiary/aromatic N) is 1. The van der Waals surface area contributed by atoms with Crippen LogP contribution >= 0.6 is 0 Å². The number of hydrogen-bond acceptors (Lipinski definition) is 3. The second-order valence-corrected chi connectivity index (χ2v) is 3.55. The molecule has 1 amide bonds. The number of terminal acetylenes is 1. The highest BCUT2D eigenvalue weighted by Crippen LogP contribution is 2.21. The SMILES string of the molecule is C#CCNC(=O)c1c(C)noc1C(C)C. The van der Waals surface area contributed by atoms with Crippen LogP contribution in [-0.4, -0.2) is 17.6 Å². The molecule has 1 N–H and O–H groups in total. The Morgan fingerprint density at radius 1 is 1.67 bits per heavy atom. The third-order valence-corrected chi connectivity index (χ3v) is 1.99. The van der Waals surface area contributed by atoms with Gasteiger partial charge in [-0.15, -0.1) is 6.42 Å². The van der Waals surface area contributed by atoms with Crippen molar-refractivity contribution < 1.29 is 9.32 Å². The lowest BCUT2D eigenvalue weighted by Crippen LogP contribution is -2.25. The van der Waals surface area contributed by atoms with Gasteiger partial charge in [0, 0.05) is 5.92 Å². The lowest BCUT2D eigenvalue weighted by Gasteiger charge is -2.04. The van der Waals surface area contributed by atoms with Crippen molar-refractivity contribution >= 4 is 5.91 Å². The minimum atomic E-state index is -0.226. The van der Waals surface area contributed by atoms with Crippen LogP contribution < -0.4 is 5.32 Å². The Balaban J connectivity index is 2.97. The molecule has 1 aromatic heterocycles. The molecular formula is C11H14N2O2. The zero-order valence-corrected chi connectivity index (χ0v) is 9.13. The van der Waals surface area contributed by atoms with E-state index < -0.39 is 0 Å². The van der Waals surface area contributed by atoms with Crippen LogP contribution in [0, 0.1) is 19.3 Å². The van der Waals surface area contributed by atoms with Crippen molar-refractivity contribution in [3.8, 4) is 12.3 Å². The van der Waals surface area contributed by atoms with Gasteiger partial charge in [-0.1, -0.05) is 24.9 Å². The fraction of sp³-hybridized carbons (Fsp3) is 0.455. The van der Waals surface area contributed by atoms with Gasteiger partial charge >= 0.3 is 0 Å². The summed E-state index contributed by atoms with van der Waals surface area (Å²) in [5.41, 5.74) is 1.09. The van der Waals surface area contributed by atoms with E-state index in [2.05, 4.69) is 16.4 Å². The average molecular weight is 206 g/mol. The Kier molecular flexibility index (Phi) is 3.51. The number of aryl methyl sites for hydroxylation is 1. The summed E-state index contributed by atoms with van der Waals surface area (Å²) in [5, 5.41) is 6.38.